The van der Waals surface area contributed by atoms with E-state index in [-0.39, 0.29) is 23.8 Å². The normalized spacial score (nSPS) is 22.3. The molecule has 0 bridgehead atoms. The SMILES string of the molecule is CCCCCOC(=O)C1CCCCC1C(=O)OCCC. The molecule has 4 heteroatoms. The van der Waals surface area contributed by atoms with Crippen molar-refractivity contribution in [1.29, 1.82) is 0 Å². The maximum atomic E-state index is 12.1. The van der Waals surface area contributed by atoms with Crippen molar-refractivity contribution in [2.75, 3.05) is 13.2 Å². The molecule has 1 saturated carbocycles. The monoisotopic (exact) mass is 284 g/mol. The Balaban J connectivity index is 2.46. The summed E-state index contributed by atoms with van der Waals surface area (Å²) in [7, 11) is 0. The first kappa shape index (κ1) is 17.0. The van der Waals surface area contributed by atoms with Gasteiger partial charge >= 0.3 is 11.9 Å². The van der Waals surface area contributed by atoms with E-state index in [2.05, 4.69) is 6.92 Å². The zero-order valence-electron chi connectivity index (χ0n) is 12.9. The summed E-state index contributed by atoms with van der Waals surface area (Å²) in [4.78, 5) is 24.1. The van der Waals surface area contributed by atoms with Crippen LogP contribution >= 0.6 is 0 Å². The zero-order valence-corrected chi connectivity index (χ0v) is 12.9. The lowest BCUT2D eigenvalue weighted by Gasteiger charge is -2.28. The van der Waals surface area contributed by atoms with Crippen LogP contribution in [0, 0.1) is 11.8 Å². The number of ether oxygens (including phenoxy) is 2. The van der Waals surface area contributed by atoms with Crippen LogP contribution in [0.4, 0.5) is 0 Å². The van der Waals surface area contributed by atoms with E-state index < -0.39 is 0 Å². The van der Waals surface area contributed by atoms with Gasteiger partial charge in [0.25, 0.3) is 0 Å². The molecule has 1 rings (SSSR count). The molecule has 0 aliphatic heterocycles. The van der Waals surface area contributed by atoms with Crippen LogP contribution in [0.1, 0.15) is 65.2 Å². The highest BCUT2D eigenvalue weighted by Crippen LogP contribution is 2.32. The number of carbonyl (C=O) groups is 2. The molecule has 0 radical (unpaired) electrons. The van der Waals surface area contributed by atoms with Crippen LogP contribution < -0.4 is 0 Å². The Bertz CT molecular complexity index is 301. The van der Waals surface area contributed by atoms with Gasteiger partial charge in [0.05, 0.1) is 25.0 Å². The molecule has 0 heterocycles. The van der Waals surface area contributed by atoms with E-state index in [1.807, 2.05) is 6.92 Å². The molecule has 0 spiro atoms. The number of unbranched alkanes of at least 4 members (excludes halogenated alkanes) is 2. The summed E-state index contributed by atoms with van der Waals surface area (Å²) in [6, 6.07) is 0. The molecular weight excluding hydrogens is 256 g/mol. The van der Waals surface area contributed by atoms with Crippen molar-refractivity contribution in [3.8, 4) is 0 Å². The molecule has 2 atom stereocenters. The number of hydrogen-bond acceptors (Lipinski definition) is 4. The molecule has 0 aromatic rings. The second-order valence-electron chi connectivity index (χ2n) is 5.54. The molecule has 0 aromatic carbocycles. The molecule has 1 aliphatic rings. The van der Waals surface area contributed by atoms with Crippen molar-refractivity contribution in [3.05, 3.63) is 0 Å². The highest BCUT2D eigenvalue weighted by atomic mass is 16.5. The molecule has 4 nitrogen and oxygen atoms in total. The Hall–Kier alpha value is -1.06. The first-order chi connectivity index (χ1) is 9.70. The van der Waals surface area contributed by atoms with Gasteiger partial charge in [-0.15, -0.1) is 0 Å². The van der Waals surface area contributed by atoms with E-state index in [1.165, 1.54) is 0 Å². The second-order valence-corrected chi connectivity index (χ2v) is 5.54. The van der Waals surface area contributed by atoms with Crippen LogP contribution in [-0.2, 0) is 19.1 Å². The summed E-state index contributed by atoms with van der Waals surface area (Å²) in [6.45, 7) is 4.99. The van der Waals surface area contributed by atoms with E-state index in [0.29, 0.717) is 13.2 Å². The maximum Gasteiger partial charge on any atom is 0.309 e. The average Bonchev–Trinajstić information content (AvgIpc) is 2.49. The third-order valence-corrected chi connectivity index (χ3v) is 3.81. The van der Waals surface area contributed by atoms with Crippen molar-refractivity contribution in [3.63, 3.8) is 0 Å². The Kier molecular flexibility index (Phi) is 8.31. The van der Waals surface area contributed by atoms with Gasteiger partial charge in [0.15, 0.2) is 0 Å². The van der Waals surface area contributed by atoms with Gasteiger partial charge in [-0.25, -0.2) is 0 Å². The molecule has 1 aliphatic carbocycles. The number of rotatable bonds is 8. The quantitative estimate of drug-likeness (QED) is 0.506. The lowest BCUT2D eigenvalue weighted by molar-refractivity contribution is -0.163. The van der Waals surface area contributed by atoms with E-state index in [4.69, 9.17) is 9.47 Å². The molecule has 0 amide bonds. The highest BCUT2D eigenvalue weighted by Gasteiger charge is 2.37. The second kappa shape index (κ2) is 9.78. The molecule has 20 heavy (non-hydrogen) atoms. The van der Waals surface area contributed by atoms with Crippen LogP contribution in [0.25, 0.3) is 0 Å². The van der Waals surface area contributed by atoms with Crippen molar-refractivity contribution in [2.45, 2.75) is 65.2 Å². The Morgan fingerprint density at radius 2 is 1.40 bits per heavy atom. The lowest BCUT2D eigenvalue weighted by atomic mass is 9.79. The van der Waals surface area contributed by atoms with Gasteiger partial charge in [0, 0.05) is 0 Å². The van der Waals surface area contributed by atoms with Gasteiger partial charge in [-0.05, 0) is 25.7 Å². The van der Waals surface area contributed by atoms with Crippen LogP contribution in [0.5, 0.6) is 0 Å². The summed E-state index contributed by atoms with van der Waals surface area (Å²) in [5.41, 5.74) is 0. The molecule has 116 valence electrons. The first-order valence-electron chi connectivity index (χ1n) is 8.04. The van der Waals surface area contributed by atoms with Gasteiger partial charge in [0.2, 0.25) is 0 Å². The lowest BCUT2D eigenvalue weighted by Crippen LogP contribution is -2.35. The summed E-state index contributed by atoms with van der Waals surface area (Å²) in [5, 5.41) is 0. The Morgan fingerprint density at radius 1 is 0.850 bits per heavy atom. The van der Waals surface area contributed by atoms with Gasteiger partial charge in [0.1, 0.15) is 0 Å². The smallest absolute Gasteiger partial charge is 0.309 e. The summed E-state index contributed by atoms with van der Waals surface area (Å²) in [5.74, 6) is -1.02. The fourth-order valence-corrected chi connectivity index (χ4v) is 2.64. The number of carbonyl (C=O) groups excluding carboxylic acids is 2. The van der Waals surface area contributed by atoms with Gasteiger partial charge in [-0.2, -0.15) is 0 Å². The number of esters is 2. The van der Waals surface area contributed by atoms with E-state index in [1.54, 1.807) is 0 Å². The fourth-order valence-electron chi connectivity index (χ4n) is 2.64. The van der Waals surface area contributed by atoms with E-state index >= 15 is 0 Å². The Labute approximate surface area is 122 Å². The van der Waals surface area contributed by atoms with Gasteiger partial charge in [-0.3, -0.25) is 9.59 Å². The molecule has 0 aromatic heterocycles. The van der Waals surface area contributed by atoms with Gasteiger partial charge < -0.3 is 9.47 Å². The molecule has 0 N–H and O–H groups in total. The van der Waals surface area contributed by atoms with Crippen LogP contribution in [0.15, 0.2) is 0 Å². The minimum absolute atomic E-state index is 0.209. The first-order valence-corrected chi connectivity index (χ1v) is 8.04. The molecule has 2 unspecified atom stereocenters. The third kappa shape index (κ3) is 5.51. The topological polar surface area (TPSA) is 52.6 Å². The summed E-state index contributed by atoms with van der Waals surface area (Å²) in [6.07, 6.45) is 7.37. The largest absolute Gasteiger partial charge is 0.465 e. The zero-order chi connectivity index (χ0) is 14.8. The molecule has 1 fully saturated rings. The van der Waals surface area contributed by atoms with Crippen LogP contribution in [0.2, 0.25) is 0 Å². The van der Waals surface area contributed by atoms with Crippen molar-refractivity contribution < 1.29 is 19.1 Å². The standard InChI is InChI=1S/C16H28O4/c1-3-5-8-12-20-16(18)14-10-7-6-9-13(14)15(17)19-11-4-2/h13-14H,3-12H2,1-2H3. The number of hydrogen-bond donors (Lipinski definition) is 0. The summed E-state index contributed by atoms with van der Waals surface area (Å²) < 4.78 is 10.5. The van der Waals surface area contributed by atoms with Crippen molar-refractivity contribution in [1.82, 2.24) is 0 Å². The summed E-state index contributed by atoms with van der Waals surface area (Å²) >= 11 is 0. The van der Waals surface area contributed by atoms with Crippen molar-refractivity contribution in [2.24, 2.45) is 11.8 Å². The predicted molar refractivity (Wildman–Crippen MR) is 77.2 cm³/mol. The highest BCUT2D eigenvalue weighted by molar-refractivity contribution is 5.82. The average molecular weight is 284 g/mol. The van der Waals surface area contributed by atoms with E-state index in [0.717, 1.165) is 51.4 Å². The van der Waals surface area contributed by atoms with Crippen LogP contribution in [-0.4, -0.2) is 25.2 Å². The minimum atomic E-state index is -0.297. The molecular formula is C16H28O4. The molecule has 0 saturated heterocycles. The Morgan fingerprint density at radius 3 is 1.90 bits per heavy atom. The van der Waals surface area contributed by atoms with Crippen LogP contribution in [0.3, 0.4) is 0 Å². The third-order valence-electron chi connectivity index (χ3n) is 3.81. The minimum Gasteiger partial charge on any atom is -0.465 e. The van der Waals surface area contributed by atoms with Gasteiger partial charge in [-0.1, -0.05) is 39.5 Å². The fraction of sp³-hybridized carbons (Fsp3) is 0.875. The predicted octanol–water partition coefficient (Wildman–Crippen LogP) is 3.48. The maximum absolute atomic E-state index is 12.1. The van der Waals surface area contributed by atoms with E-state index in [9.17, 15) is 9.59 Å². The van der Waals surface area contributed by atoms with Crippen molar-refractivity contribution >= 4 is 11.9 Å².